The molecule has 0 aromatic carbocycles. The molecule has 17 atom stereocenters. The van der Waals surface area contributed by atoms with Gasteiger partial charge in [-0.2, -0.15) is 0 Å². The maximum Gasteiger partial charge on any atom is 0.220 e. The number of allylic oxidation sites excluding steroid dienone is 5. The maximum absolute atomic E-state index is 13.4. The van der Waals surface area contributed by atoms with Crippen LogP contribution >= 0.6 is 0 Å². The van der Waals surface area contributed by atoms with Crippen LogP contribution in [-0.4, -0.2) is 193 Å². The summed E-state index contributed by atoms with van der Waals surface area (Å²) in [6.45, 7) is 1.74. The minimum atomic E-state index is -1.98. The summed E-state index contributed by atoms with van der Waals surface area (Å²) in [5.74, 6) is -0.287. The molecule has 0 aromatic heterocycles. The predicted molar refractivity (Wildman–Crippen MR) is 374 cm³/mol. The number of carbonyl (C=O) groups is 1. The number of hydrogen-bond acceptors (Lipinski definition) is 18. The van der Waals surface area contributed by atoms with E-state index in [2.05, 4.69) is 43.5 Å². The number of ether oxygens (including phenoxy) is 6. The van der Waals surface area contributed by atoms with Crippen molar-refractivity contribution in [3.63, 3.8) is 0 Å². The molecule has 3 aliphatic heterocycles. The molecule has 95 heavy (non-hydrogen) atoms. The van der Waals surface area contributed by atoms with Gasteiger partial charge in [-0.05, 0) is 57.8 Å². The Morgan fingerprint density at radius 1 is 0.368 bits per heavy atom. The van der Waals surface area contributed by atoms with E-state index in [1.807, 2.05) is 6.08 Å². The Labute approximate surface area is 574 Å². The molecular weight excluding hydrogens is 1210 g/mol. The number of amides is 1. The van der Waals surface area contributed by atoms with Crippen molar-refractivity contribution in [3.8, 4) is 0 Å². The lowest BCUT2D eigenvalue weighted by atomic mass is 9.96. The summed E-state index contributed by atoms with van der Waals surface area (Å²) in [6.07, 6.45) is 42.9. The average Bonchev–Trinajstić information content (AvgIpc) is 0.787. The Hall–Kier alpha value is -1.99. The molecule has 3 rings (SSSR count). The fourth-order valence-corrected chi connectivity index (χ4v) is 13.1. The minimum absolute atomic E-state index is 0.231. The van der Waals surface area contributed by atoms with Gasteiger partial charge in [-0.1, -0.05) is 281 Å². The molecule has 0 bridgehead atoms. The number of hydrogen-bond donors (Lipinski definition) is 12. The van der Waals surface area contributed by atoms with Crippen molar-refractivity contribution in [1.29, 1.82) is 0 Å². The van der Waals surface area contributed by atoms with Gasteiger partial charge >= 0.3 is 0 Å². The van der Waals surface area contributed by atoms with Crippen LogP contribution in [0.3, 0.4) is 0 Å². The van der Waals surface area contributed by atoms with Gasteiger partial charge in [0.25, 0.3) is 0 Å². The lowest BCUT2D eigenvalue weighted by Crippen LogP contribution is -2.66. The van der Waals surface area contributed by atoms with Crippen LogP contribution in [0.5, 0.6) is 0 Å². The third kappa shape index (κ3) is 38.6. The van der Waals surface area contributed by atoms with Crippen LogP contribution in [0.25, 0.3) is 0 Å². The monoisotopic (exact) mass is 1360 g/mol. The van der Waals surface area contributed by atoms with E-state index >= 15 is 0 Å². The quantitative estimate of drug-likeness (QED) is 0.0199. The average molecular weight is 1360 g/mol. The summed E-state index contributed by atoms with van der Waals surface area (Å²) in [6, 6.07) is -0.993. The molecule has 558 valence electrons. The Morgan fingerprint density at radius 3 is 1.05 bits per heavy atom. The van der Waals surface area contributed by atoms with Crippen LogP contribution in [0.15, 0.2) is 36.5 Å². The zero-order valence-corrected chi connectivity index (χ0v) is 59.4. The number of carbonyl (C=O) groups excluding carboxylic acids is 1. The summed E-state index contributed by atoms with van der Waals surface area (Å²) in [4.78, 5) is 13.4. The summed E-state index contributed by atoms with van der Waals surface area (Å²) in [5.41, 5.74) is 0. The van der Waals surface area contributed by atoms with Crippen LogP contribution in [0.2, 0.25) is 0 Å². The summed E-state index contributed by atoms with van der Waals surface area (Å²) >= 11 is 0. The van der Waals surface area contributed by atoms with Crippen LogP contribution < -0.4 is 5.32 Å². The SMILES string of the molecule is CCCCCCCC/C=C\CCCCCCCCCC(=O)NC(COC1OC(CO)C(OC2OC(CO)C(OC3OC(CO)C(O)C(O)C3O)C(O)C2O)C(O)C1O)C(O)/C=C/CC/C=C/CCCCCCCCCCCCCCCCCCCCCCCCCCCCC. The second-order valence-electron chi connectivity index (χ2n) is 27.8. The lowest BCUT2D eigenvalue weighted by molar-refractivity contribution is -0.379. The molecule has 17 unspecified atom stereocenters. The number of unbranched alkanes of at least 4 members (excludes halogenated alkanes) is 41. The zero-order chi connectivity index (χ0) is 68.9. The number of nitrogens with one attached hydrogen (secondary N) is 1. The summed E-state index contributed by atoms with van der Waals surface area (Å²) in [7, 11) is 0. The van der Waals surface area contributed by atoms with Crippen molar-refractivity contribution in [3.05, 3.63) is 36.5 Å². The van der Waals surface area contributed by atoms with E-state index < -0.39 is 124 Å². The van der Waals surface area contributed by atoms with Gasteiger partial charge in [0.2, 0.25) is 5.91 Å². The van der Waals surface area contributed by atoms with E-state index in [-0.39, 0.29) is 18.9 Å². The van der Waals surface area contributed by atoms with E-state index in [4.69, 9.17) is 28.4 Å². The topological polar surface area (TPSA) is 307 Å². The first-order chi connectivity index (χ1) is 46.3. The first kappa shape index (κ1) is 87.2. The third-order valence-electron chi connectivity index (χ3n) is 19.4. The molecule has 3 fully saturated rings. The second kappa shape index (κ2) is 57.6. The molecule has 12 N–H and O–H groups in total. The van der Waals surface area contributed by atoms with Crippen LogP contribution in [-0.2, 0) is 33.2 Å². The fraction of sp³-hybridized carbons (Fsp3) is 0.908. The predicted octanol–water partition coefficient (Wildman–Crippen LogP) is 11.9. The van der Waals surface area contributed by atoms with Gasteiger partial charge in [0.15, 0.2) is 18.9 Å². The van der Waals surface area contributed by atoms with Crippen LogP contribution in [0.4, 0.5) is 0 Å². The van der Waals surface area contributed by atoms with Crippen molar-refractivity contribution < 1.29 is 89.4 Å². The largest absolute Gasteiger partial charge is 0.394 e. The molecule has 0 spiro atoms. The molecule has 0 radical (unpaired) electrons. The maximum atomic E-state index is 13.4. The molecule has 3 saturated heterocycles. The molecule has 19 heteroatoms. The first-order valence-electron chi connectivity index (χ1n) is 38.7. The lowest BCUT2D eigenvalue weighted by Gasteiger charge is -2.48. The molecule has 0 aliphatic carbocycles. The number of aliphatic hydroxyl groups excluding tert-OH is 11. The molecule has 0 saturated carbocycles. The van der Waals surface area contributed by atoms with Gasteiger partial charge < -0.3 is 89.9 Å². The van der Waals surface area contributed by atoms with Crippen molar-refractivity contribution >= 4 is 5.91 Å². The highest BCUT2D eigenvalue weighted by Crippen LogP contribution is 2.33. The Balaban J connectivity index is 1.38. The van der Waals surface area contributed by atoms with Gasteiger partial charge in [-0.25, -0.2) is 0 Å². The smallest absolute Gasteiger partial charge is 0.220 e. The third-order valence-corrected chi connectivity index (χ3v) is 19.4. The van der Waals surface area contributed by atoms with Gasteiger partial charge in [-0.3, -0.25) is 4.79 Å². The van der Waals surface area contributed by atoms with E-state index in [9.17, 15) is 61.0 Å². The highest BCUT2D eigenvalue weighted by Gasteiger charge is 2.53. The minimum Gasteiger partial charge on any atom is -0.394 e. The standard InChI is InChI=1S/C76H141NO18/c1-3-5-7-9-11-13-15-17-19-21-22-23-24-25-26-27-28-29-30-31-32-33-34-35-36-38-39-41-43-45-47-49-51-53-60(81)59(77-64(82)54-52-50-48-46-44-42-40-37-20-18-16-14-12-10-8-6-4-2)58-90-74-70(88)67(85)72(62(56-79)92-74)95-76-71(89)68(86)73(63(57-80)93-76)94-75-69(87)66(84)65(83)61(55-78)91-75/h18,20,43,45,51,53,59-63,65-76,78-81,83-89H,3-17,19,21-42,44,46-50,52,54-58H2,1-2H3,(H,77,82)/b20-18-,45-43+,53-51+. The fourth-order valence-electron chi connectivity index (χ4n) is 13.1. The molecule has 3 heterocycles. The van der Waals surface area contributed by atoms with E-state index in [0.717, 1.165) is 51.4 Å². The second-order valence-corrected chi connectivity index (χ2v) is 27.8. The summed E-state index contributed by atoms with van der Waals surface area (Å²) < 4.78 is 34.4. The van der Waals surface area contributed by atoms with Crippen molar-refractivity contribution in [2.24, 2.45) is 0 Å². The van der Waals surface area contributed by atoms with Gasteiger partial charge in [0.05, 0.1) is 38.6 Å². The Morgan fingerprint density at radius 2 is 0.674 bits per heavy atom. The highest BCUT2D eigenvalue weighted by molar-refractivity contribution is 5.76. The molecule has 0 aromatic rings. The Bertz CT molecular complexity index is 1860. The van der Waals surface area contributed by atoms with Crippen molar-refractivity contribution in [2.45, 2.75) is 413 Å². The Kier molecular flexibility index (Phi) is 52.9. The molecular formula is C76H141NO18. The zero-order valence-electron chi connectivity index (χ0n) is 59.4. The molecule has 1 amide bonds. The van der Waals surface area contributed by atoms with E-state index in [0.29, 0.717) is 12.8 Å². The summed E-state index contributed by atoms with van der Waals surface area (Å²) in [5, 5.41) is 121. The van der Waals surface area contributed by atoms with E-state index in [1.165, 1.54) is 225 Å². The van der Waals surface area contributed by atoms with Gasteiger partial charge in [0, 0.05) is 6.42 Å². The molecule has 19 nitrogen and oxygen atoms in total. The van der Waals surface area contributed by atoms with Gasteiger partial charge in [-0.15, -0.1) is 0 Å². The highest BCUT2D eigenvalue weighted by atomic mass is 16.8. The van der Waals surface area contributed by atoms with Crippen molar-refractivity contribution in [1.82, 2.24) is 5.32 Å². The molecule has 3 aliphatic rings. The van der Waals surface area contributed by atoms with Crippen LogP contribution in [0, 0.1) is 0 Å². The van der Waals surface area contributed by atoms with Crippen LogP contribution in [0.1, 0.15) is 309 Å². The first-order valence-corrected chi connectivity index (χ1v) is 38.7. The van der Waals surface area contributed by atoms with E-state index in [1.54, 1.807) is 6.08 Å². The number of rotatable bonds is 61. The van der Waals surface area contributed by atoms with Gasteiger partial charge in [0.1, 0.15) is 73.2 Å². The van der Waals surface area contributed by atoms with Crippen molar-refractivity contribution in [2.75, 3.05) is 26.4 Å². The number of aliphatic hydroxyl groups is 11. The normalized spacial score (nSPS) is 27.4.